The first kappa shape index (κ1) is 15.9. The van der Waals surface area contributed by atoms with Crippen LogP contribution in [0.25, 0.3) is 0 Å². The second-order valence-electron chi connectivity index (χ2n) is 5.40. The Morgan fingerprint density at radius 1 is 1.11 bits per heavy atom. The Kier molecular flexibility index (Phi) is 6.23. The van der Waals surface area contributed by atoms with Gasteiger partial charge < -0.3 is 0 Å². The van der Waals surface area contributed by atoms with Gasteiger partial charge in [0, 0.05) is 6.42 Å². The van der Waals surface area contributed by atoms with E-state index in [0.717, 1.165) is 25.7 Å². The lowest BCUT2D eigenvalue weighted by atomic mass is 9.84. The van der Waals surface area contributed by atoms with Crippen LogP contribution in [-0.2, 0) is 11.2 Å². The molecule has 106 valence electrons. The van der Waals surface area contributed by atoms with E-state index < -0.39 is 0 Å². The van der Waals surface area contributed by atoms with Gasteiger partial charge in [0.05, 0.1) is 5.54 Å². The van der Waals surface area contributed by atoms with Crippen LogP contribution in [0, 0.1) is 0 Å². The van der Waals surface area contributed by atoms with E-state index in [1.165, 1.54) is 5.56 Å². The van der Waals surface area contributed by atoms with Crippen molar-refractivity contribution in [2.24, 2.45) is 0 Å². The van der Waals surface area contributed by atoms with Gasteiger partial charge in [0.25, 0.3) is 0 Å². The van der Waals surface area contributed by atoms with Gasteiger partial charge in [0.2, 0.25) is 0 Å². The predicted octanol–water partition coefficient (Wildman–Crippen LogP) is 3.70. The van der Waals surface area contributed by atoms with Crippen molar-refractivity contribution in [1.82, 2.24) is 4.90 Å². The van der Waals surface area contributed by atoms with E-state index in [1.54, 1.807) is 0 Å². The predicted molar refractivity (Wildman–Crippen MR) is 81.4 cm³/mol. The van der Waals surface area contributed by atoms with Gasteiger partial charge in [0.1, 0.15) is 0 Å². The van der Waals surface area contributed by atoms with E-state index in [-0.39, 0.29) is 5.54 Å². The maximum absolute atomic E-state index is 12.5. The molecule has 0 fully saturated rings. The van der Waals surface area contributed by atoms with Gasteiger partial charge in [-0.2, -0.15) is 0 Å². The molecular formula is C17H27NO. The topological polar surface area (TPSA) is 20.3 Å². The van der Waals surface area contributed by atoms with Crippen molar-refractivity contribution in [2.75, 3.05) is 14.1 Å². The van der Waals surface area contributed by atoms with Gasteiger partial charge in [-0.15, -0.1) is 0 Å². The van der Waals surface area contributed by atoms with Crippen molar-refractivity contribution in [2.45, 2.75) is 51.5 Å². The Labute approximate surface area is 117 Å². The van der Waals surface area contributed by atoms with Crippen molar-refractivity contribution in [3.8, 4) is 0 Å². The highest BCUT2D eigenvalue weighted by Crippen LogP contribution is 2.25. The van der Waals surface area contributed by atoms with E-state index in [0.29, 0.717) is 12.2 Å². The Hall–Kier alpha value is -1.15. The largest absolute Gasteiger partial charge is 0.298 e. The Morgan fingerprint density at radius 2 is 1.68 bits per heavy atom. The van der Waals surface area contributed by atoms with Crippen molar-refractivity contribution in [3.05, 3.63) is 35.9 Å². The molecule has 0 aromatic heterocycles. The first-order chi connectivity index (χ1) is 9.06. The molecule has 2 heteroatoms. The lowest BCUT2D eigenvalue weighted by Crippen LogP contribution is -2.50. The van der Waals surface area contributed by atoms with E-state index in [9.17, 15) is 4.79 Å². The number of nitrogens with zero attached hydrogens (tertiary/aromatic N) is 1. The van der Waals surface area contributed by atoms with Crippen LogP contribution in [0.2, 0.25) is 0 Å². The molecule has 0 heterocycles. The van der Waals surface area contributed by atoms with E-state index in [4.69, 9.17) is 0 Å². The molecule has 0 unspecified atom stereocenters. The van der Waals surface area contributed by atoms with Crippen LogP contribution in [0.3, 0.4) is 0 Å². The molecule has 1 aromatic rings. The normalized spacial score (nSPS) is 11.8. The quantitative estimate of drug-likeness (QED) is 0.711. The lowest BCUT2D eigenvalue weighted by molar-refractivity contribution is -0.130. The van der Waals surface area contributed by atoms with Gasteiger partial charge in [0.15, 0.2) is 5.78 Å². The highest BCUT2D eigenvalue weighted by Gasteiger charge is 2.35. The van der Waals surface area contributed by atoms with Crippen LogP contribution >= 0.6 is 0 Å². The number of benzene rings is 1. The van der Waals surface area contributed by atoms with Crippen LogP contribution in [0.4, 0.5) is 0 Å². The van der Waals surface area contributed by atoms with E-state index in [2.05, 4.69) is 43.0 Å². The molecule has 0 aliphatic carbocycles. The SMILES string of the molecule is CCC(CC)(C(=O)CCCc1ccccc1)N(C)C. The third kappa shape index (κ3) is 3.90. The number of ketones is 1. The van der Waals surface area contributed by atoms with Gasteiger partial charge in [-0.1, -0.05) is 44.2 Å². The third-order valence-electron chi connectivity index (χ3n) is 4.26. The maximum Gasteiger partial charge on any atom is 0.153 e. The molecule has 0 N–H and O–H groups in total. The van der Waals surface area contributed by atoms with E-state index in [1.807, 2.05) is 20.2 Å². The minimum Gasteiger partial charge on any atom is -0.298 e. The summed E-state index contributed by atoms with van der Waals surface area (Å²) in [4.78, 5) is 14.6. The zero-order valence-corrected chi connectivity index (χ0v) is 12.8. The molecule has 1 rings (SSSR count). The van der Waals surface area contributed by atoms with Crippen molar-refractivity contribution in [1.29, 1.82) is 0 Å². The fourth-order valence-electron chi connectivity index (χ4n) is 2.86. The number of Topliss-reactive ketones (excluding diaryl/α,β-unsaturated/α-hetero) is 1. The maximum atomic E-state index is 12.5. The minimum absolute atomic E-state index is 0.267. The molecule has 0 aliphatic heterocycles. The Morgan fingerprint density at radius 3 is 2.16 bits per heavy atom. The summed E-state index contributed by atoms with van der Waals surface area (Å²) in [5, 5.41) is 0. The molecule has 2 nitrogen and oxygen atoms in total. The number of likely N-dealkylation sites (N-methyl/N-ethyl adjacent to an activating group) is 1. The standard InChI is InChI=1S/C17H27NO/c1-5-17(6-2,18(3)4)16(19)14-10-13-15-11-8-7-9-12-15/h7-9,11-12H,5-6,10,13-14H2,1-4H3. The molecule has 0 amide bonds. The lowest BCUT2D eigenvalue weighted by Gasteiger charge is -2.37. The highest BCUT2D eigenvalue weighted by atomic mass is 16.1. The number of carbonyl (C=O) groups is 1. The summed E-state index contributed by atoms with van der Waals surface area (Å²) in [5.74, 6) is 0.387. The number of hydrogen-bond donors (Lipinski definition) is 0. The molecular weight excluding hydrogens is 234 g/mol. The molecule has 19 heavy (non-hydrogen) atoms. The monoisotopic (exact) mass is 261 g/mol. The zero-order chi connectivity index (χ0) is 14.3. The summed E-state index contributed by atoms with van der Waals surface area (Å²) in [6, 6.07) is 10.4. The average Bonchev–Trinajstić information content (AvgIpc) is 2.41. The van der Waals surface area contributed by atoms with Crippen LogP contribution in [0.15, 0.2) is 30.3 Å². The molecule has 1 aromatic carbocycles. The fourth-order valence-corrected chi connectivity index (χ4v) is 2.86. The molecule has 0 saturated carbocycles. The molecule has 0 saturated heterocycles. The summed E-state index contributed by atoms with van der Waals surface area (Å²) < 4.78 is 0. The fraction of sp³-hybridized carbons (Fsp3) is 0.588. The van der Waals surface area contributed by atoms with Crippen LogP contribution in [-0.4, -0.2) is 30.3 Å². The first-order valence-electron chi connectivity index (χ1n) is 7.31. The van der Waals surface area contributed by atoms with Crippen molar-refractivity contribution >= 4 is 5.78 Å². The highest BCUT2D eigenvalue weighted by molar-refractivity contribution is 5.88. The summed E-state index contributed by atoms with van der Waals surface area (Å²) in [7, 11) is 4.03. The second kappa shape index (κ2) is 7.44. The number of hydrogen-bond acceptors (Lipinski definition) is 2. The average molecular weight is 261 g/mol. The number of rotatable bonds is 8. The van der Waals surface area contributed by atoms with E-state index >= 15 is 0 Å². The number of aryl methyl sites for hydroxylation is 1. The van der Waals surface area contributed by atoms with Crippen molar-refractivity contribution < 1.29 is 4.79 Å². The van der Waals surface area contributed by atoms with Crippen LogP contribution in [0.1, 0.15) is 45.1 Å². The zero-order valence-electron chi connectivity index (χ0n) is 12.8. The molecule has 0 aliphatic rings. The van der Waals surface area contributed by atoms with Gasteiger partial charge in [-0.3, -0.25) is 9.69 Å². The smallest absolute Gasteiger partial charge is 0.153 e. The van der Waals surface area contributed by atoms with Gasteiger partial charge >= 0.3 is 0 Å². The molecule has 0 radical (unpaired) electrons. The van der Waals surface area contributed by atoms with Gasteiger partial charge in [-0.05, 0) is 45.3 Å². The van der Waals surface area contributed by atoms with Gasteiger partial charge in [-0.25, -0.2) is 0 Å². The van der Waals surface area contributed by atoms with Crippen LogP contribution < -0.4 is 0 Å². The minimum atomic E-state index is -0.267. The Bertz CT molecular complexity index is 380. The van der Waals surface area contributed by atoms with Crippen LogP contribution in [0.5, 0.6) is 0 Å². The summed E-state index contributed by atoms with van der Waals surface area (Å²) >= 11 is 0. The van der Waals surface area contributed by atoms with Crippen molar-refractivity contribution in [3.63, 3.8) is 0 Å². The number of carbonyl (C=O) groups excluding carboxylic acids is 1. The summed E-state index contributed by atoms with van der Waals surface area (Å²) in [5.41, 5.74) is 1.05. The third-order valence-corrected chi connectivity index (χ3v) is 4.26. The Balaban J connectivity index is 2.54. The molecule has 0 spiro atoms. The second-order valence-corrected chi connectivity index (χ2v) is 5.40. The molecule has 0 bridgehead atoms. The summed E-state index contributed by atoms with van der Waals surface area (Å²) in [6.45, 7) is 4.22. The molecule has 0 atom stereocenters. The summed E-state index contributed by atoms with van der Waals surface area (Å²) in [6.07, 6.45) is 4.39. The first-order valence-corrected chi connectivity index (χ1v) is 7.31.